The second kappa shape index (κ2) is 7.51. The van der Waals surface area contributed by atoms with E-state index in [2.05, 4.69) is 4.72 Å². The van der Waals surface area contributed by atoms with Gasteiger partial charge in [0.15, 0.2) is 0 Å². The van der Waals surface area contributed by atoms with Gasteiger partial charge in [-0.1, -0.05) is 6.42 Å². The number of nitrogens with zero attached hydrogens (tertiary/aromatic N) is 1. The van der Waals surface area contributed by atoms with Crippen molar-refractivity contribution in [3.63, 3.8) is 0 Å². The maximum atomic E-state index is 12.7. The molecule has 0 spiro atoms. The van der Waals surface area contributed by atoms with Crippen molar-refractivity contribution in [2.24, 2.45) is 0 Å². The van der Waals surface area contributed by atoms with E-state index >= 15 is 0 Å². The van der Waals surface area contributed by atoms with Gasteiger partial charge in [0.2, 0.25) is 0 Å². The predicted molar refractivity (Wildman–Crippen MR) is 90.0 cm³/mol. The van der Waals surface area contributed by atoms with E-state index in [4.69, 9.17) is 9.47 Å². The summed E-state index contributed by atoms with van der Waals surface area (Å²) in [7, 11) is -0.390. The molecule has 6 nitrogen and oxygen atoms in total. The zero-order valence-corrected chi connectivity index (χ0v) is 15.0. The van der Waals surface area contributed by atoms with Gasteiger partial charge in [-0.2, -0.15) is 17.4 Å². The van der Waals surface area contributed by atoms with Gasteiger partial charge in [0.1, 0.15) is 11.5 Å². The van der Waals surface area contributed by atoms with Gasteiger partial charge in [0, 0.05) is 24.2 Å². The van der Waals surface area contributed by atoms with Crippen molar-refractivity contribution in [2.75, 3.05) is 20.8 Å². The Morgan fingerprint density at radius 3 is 2.61 bits per heavy atom. The normalized spacial score (nSPS) is 21.0. The fourth-order valence-corrected chi connectivity index (χ4v) is 4.62. The summed E-state index contributed by atoms with van der Waals surface area (Å²) in [6.45, 7) is 4.33. The lowest BCUT2D eigenvalue weighted by molar-refractivity contribution is 0.264. The van der Waals surface area contributed by atoms with E-state index in [9.17, 15) is 8.42 Å². The molecule has 0 bridgehead atoms. The summed E-state index contributed by atoms with van der Waals surface area (Å²) < 4.78 is 40.2. The number of piperidine rings is 1. The first-order valence-corrected chi connectivity index (χ1v) is 9.34. The smallest absolute Gasteiger partial charge is 0.280 e. The Kier molecular flexibility index (Phi) is 5.89. The molecule has 1 aromatic carbocycles. The van der Waals surface area contributed by atoms with Gasteiger partial charge in [0.05, 0.1) is 14.2 Å². The summed E-state index contributed by atoms with van der Waals surface area (Å²) in [5.74, 6) is 1.30. The minimum Gasteiger partial charge on any atom is -0.497 e. The van der Waals surface area contributed by atoms with E-state index in [0.717, 1.165) is 24.8 Å². The van der Waals surface area contributed by atoms with Crippen molar-refractivity contribution in [3.8, 4) is 11.5 Å². The summed E-state index contributed by atoms with van der Waals surface area (Å²) in [4.78, 5) is 0. The van der Waals surface area contributed by atoms with Gasteiger partial charge in [0.25, 0.3) is 10.2 Å². The van der Waals surface area contributed by atoms with E-state index in [1.54, 1.807) is 36.7 Å². The fraction of sp³-hybridized carbons (Fsp3) is 0.625. The standard InChI is InChI=1S/C16H26N2O4S/c1-12-7-5-6-10-18(12)23(19,20)17-13(2)15-11-14(21-3)8-9-16(15)22-4/h8-9,11-13,17H,5-7,10H2,1-4H3/t12-,13+/m0/s1. The molecule has 0 aliphatic carbocycles. The number of methoxy groups -OCH3 is 2. The van der Waals surface area contributed by atoms with Crippen molar-refractivity contribution in [3.05, 3.63) is 23.8 Å². The molecule has 1 aliphatic heterocycles. The second-order valence-electron chi connectivity index (χ2n) is 5.91. The Labute approximate surface area is 139 Å². The van der Waals surface area contributed by atoms with Crippen LogP contribution in [0.15, 0.2) is 18.2 Å². The lowest BCUT2D eigenvalue weighted by Crippen LogP contribution is -2.48. The van der Waals surface area contributed by atoms with Gasteiger partial charge in [-0.25, -0.2) is 0 Å². The van der Waals surface area contributed by atoms with Crippen LogP contribution < -0.4 is 14.2 Å². The molecule has 2 rings (SSSR count). The van der Waals surface area contributed by atoms with Crippen LogP contribution in [0.5, 0.6) is 11.5 Å². The van der Waals surface area contributed by atoms with Gasteiger partial charge in [-0.3, -0.25) is 0 Å². The lowest BCUT2D eigenvalue weighted by Gasteiger charge is -2.33. The first kappa shape index (κ1) is 18.0. The van der Waals surface area contributed by atoms with Crippen molar-refractivity contribution in [2.45, 2.75) is 45.2 Å². The van der Waals surface area contributed by atoms with Gasteiger partial charge < -0.3 is 9.47 Å². The minimum absolute atomic E-state index is 0.0284. The topological polar surface area (TPSA) is 67.9 Å². The fourth-order valence-electron chi connectivity index (χ4n) is 2.96. The number of rotatable bonds is 6. The Morgan fingerprint density at radius 2 is 2.00 bits per heavy atom. The molecule has 0 unspecified atom stereocenters. The number of hydrogen-bond acceptors (Lipinski definition) is 4. The average molecular weight is 342 g/mol. The Hall–Kier alpha value is -1.31. The van der Waals surface area contributed by atoms with Crippen LogP contribution in [0.3, 0.4) is 0 Å². The van der Waals surface area contributed by atoms with Crippen LogP contribution in [0.2, 0.25) is 0 Å². The highest BCUT2D eigenvalue weighted by molar-refractivity contribution is 7.87. The predicted octanol–water partition coefficient (Wildman–Crippen LogP) is 2.47. The quantitative estimate of drug-likeness (QED) is 0.862. The summed E-state index contributed by atoms with van der Waals surface area (Å²) in [6, 6.07) is 4.98. The molecule has 2 atom stereocenters. The third kappa shape index (κ3) is 4.16. The maximum absolute atomic E-state index is 12.7. The highest BCUT2D eigenvalue weighted by atomic mass is 32.2. The molecule has 1 fully saturated rings. The van der Waals surface area contributed by atoms with E-state index in [1.165, 1.54) is 0 Å². The molecular weight excluding hydrogens is 316 g/mol. The molecule has 1 aliphatic rings. The van der Waals surface area contributed by atoms with E-state index < -0.39 is 16.3 Å². The Morgan fingerprint density at radius 1 is 1.26 bits per heavy atom. The van der Waals surface area contributed by atoms with Gasteiger partial charge in [-0.05, 0) is 44.9 Å². The first-order valence-electron chi connectivity index (χ1n) is 7.90. The molecule has 0 radical (unpaired) electrons. The first-order chi connectivity index (χ1) is 10.9. The average Bonchev–Trinajstić information content (AvgIpc) is 2.54. The molecule has 0 saturated carbocycles. The van der Waals surface area contributed by atoms with Crippen molar-refractivity contribution in [1.82, 2.24) is 9.03 Å². The zero-order valence-electron chi connectivity index (χ0n) is 14.2. The SMILES string of the molecule is COc1ccc(OC)c([C@@H](C)NS(=O)(=O)N2CCCC[C@@H]2C)c1. The molecule has 1 N–H and O–H groups in total. The van der Waals surface area contributed by atoms with Crippen LogP contribution in [0.25, 0.3) is 0 Å². The molecule has 130 valence electrons. The van der Waals surface area contributed by atoms with Crippen LogP contribution in [0.4, 0.5) is 0 Å². The highest BCUT2D eigenvalue weighted by Gasteiger charge is 2.31. The zero-order chi connectivity index (χ0) is 17.0. The van der Waals surface area contributed by atoms with Crippen LogP contribution in [0.1, 0.15) is 44.7 Å². The van der Waals surface area contributed by atoms with Crippen molar-refractivity contribution >= 4 is 10.2 Å². The van der Waals surface area contributed by atoms with Gasteiger partial charge >= 0.3 is 0 Å². The van der Waals surface area contributed by atoms with Crippen LogP contribution >= 0.6 is 0 Å². The number of nitrogens with one attached hydrogen (secondary N) is 1. The molecule has 1 heterocycles. The highest BCUT2D eigenvalue weighted by Crippen LogP contribution is 2.30. The summed E-state index contributed by atoms with van der Waals surface area (Å²) in [6.07, 6.45) is 2.88. The number of benzene rings is 1. The van der Waals surface area contributed by atoms with Crippen molar-refractivity contribution in [1.29, 1.82) is 0 Å². The van der Waals surface area contributed by atoms with Crippen LogP contribution in [0, 0.1) is 0 Å². The molecular formula is C16H26N2O4S. The summed E-state index contributed by atoms with van der Waals surface area (Å²) >= 11 is 0. The molecule has 7 heteroatoms. The molecule has 1 saturated heterocycles. The molecule has 0 aromatic heterocycles. The van der Waals surface area contributed by atoms with Crippen LogP contribution in [-0.4, -0.2) is 39.5 Å². The maximum Gasteiger partial charge on any atom is 0.280 e. The minimum atomic E-state index is -3.54. The number of ether oxygens (including phenoxy) is 2. The molecule has 1 aromatic rings. The molecule has 23 heavy (non-hydrogen) atoms. The lowest BCUT2D eigenvalue weighted by atomic mass is 10.1. The third-order valence-corrected chi connectivity index (χ3v) is 6.09. The van der Waals surface area contributed by atoms with E-state index in [0.29, 0.717) is 18.0 Å². The second-order valence-corrected chi connectivity index (χ2v) is 7.56. The Bertz CT molecular complexity index is 633. The number of hydrogen-bond donors (Lipinski definition) is 1. The summed E-state index contributed by atoms with van der Waals surface area (Å²) in [5, 5.41) is 0. The third-order valence-electron chi connectivity index (χ3n) is 4.28. The van der Waals surface area contributed by atoms with Gasteiger partial charge in [-0.15, -0.1) is 0 Å². The van der Waals surface area contributed by atoms with E-state index in [1.807, 2.05) is 13.8 Å². The summed E-state index contributed by atoms with van der Waals surface area (Å²) in [5.41, 5.74) is 0.750. The Balaban J connectivity index is 2.22. The largest absolute Gasteiger partial charge is 0.497 e. The van der Waals surface area contributed by atoms with E-state index in [-0.39, 0.29) is 6.04 Å². The van der Waals surface area contributed by atoms with Crippen LogP contribution in [-0.2, 0) is 10.2 Å². The van der Waals surface area contributed by atoms with Crippen molar-refractivity contribution < 1.29 is 17.9 Å². The molecule has 0 amide bonds. The monoisotopic (exact) mass is 342 g/mol.